The molecule has 0 unspecified atom stereocenters. The number of rotatable bonds is 6. The SMILES string of the molecule is Cc1cc(C(c2ccc(Cl)cc2)c2ccc(Cl)cc2)c(N)c(C(c2ccc(Cl)cc2)c2ccc(Cl)cc2)c1. The van der Waals surface area contributed by atoms with E-state index in [0.717, 1.165) is 44.6 Å². The summed E-state index contributed by atoms with van der Waals surface area (Å²) in [6, 6.07) is 36.1. The molecule has 0 amide bonds. The Labute approximate surface area is 243 Å². The number of nitrogens with two attached hydrogens (primary N) is 1. The molecule has 38 heavy (non-hydrogen) atoms. The van der Waals surface area contributed by atoms with Crippen molar-refractivity contribution in [3.8, 4) is 0 Å². The van der Waals surface area contributed by atoms with Gasteiger partial charge >= 0.3 is 0 Å². The first-order valence-corrected chi connectivity index (χ1v) is 13.7. The van der Waals surface area contributed by atoms with Crippen LogP contribution >= 0.6 is 46.4 Å². The predicted molar refractivity (Wildman–Crippen MR) is 163 cm³/mol. The second kappa shape index (κ2) is 11.4. The maximum absolute atomic E-state index is 7.12. The summed E-state index contributed by atoms with van der Waals surface area (Å²) in [4.78, 5) is 0. The van der Waals surface area contributed by atoms with E-state index in [-0.39, 0.29) is 11.8 Å². The van der Waals surface area contributed by atoms with Crippen LogP contribution in [-0.2, 0) is 0 Å². The Hall–Kier alpha value is -2.94. The predicted octanol–water partition coefficient (Wildman–Crippen LogP) is 10.6. The monoisotopic (exact) mass is 575 g/mol. The molecule has 5 aromatic carbocycles. The van der Waals surface area contributed by atoms with Crippen LogP contribution in [0.1, 0.15) is 50.8 Å². The molecule has 0 spiro atoms. The Kier molecular flexibility index (Phi) is 8.02. The fourth-order valence-corrected chi connectivity index (χ4v) is 5.56. The summed E-state index contributed by atoms with van der Waals surface area (Å²) in [5.74, 6) is -0.224. The second-order valence-electron chi connectivity index (χ2n) is 9.43. The van der Waals surface area contributed by atoms with E-state index in [9.17, 15) is 0 Å². The van der Waals surface area contributed by atoms with Gasteiger partial charge in [-0.15, -0.1) is 0 Å². The third-order valence-electron chi connectivity index (χ3n) is 6.82. The molecule has 5 heteroatoms. The van der Waals surface area contributed by atoms with Crippen LogP contribution in [-0.4, -0.2) is 0 Å². The van der Waals surface area contributed by atoms with Gasteiger partial charge in [-0.25, -0.2) is 0 Å². The molecule has 2 N–H and O–H groups in total. The summed E-state index contributed by atoms with van der Waals surface area (Å²) >= 11 is 25.0. The van der Waals surface area contributed by atoms with E-state index in [1.165, 1.54) is 0 Å². The van der Waals surface area contributed by atoms with E-state index in [4.69, 9.17) is 52.1 Å². The zero-order valence-electron chi connectivity index (χ0n) is 20.6. The highest BCUT2D eigenvalue weighted by Gasteiger charge is 2.26. The Bertz CT molecular complexity index is 1330. The van der Waals surface area contributed by atoms with Gasteiger partial charge in [0.25, 0.3) is 0 Å². The number of nitrogen functional groups attached to an aromatic ring is 1. The lowest BCUT2D eigenvalue weighted by atomic mass is 9.78. The summed E-state index contributed by atoms with van der Waals surface area (Å²) in [5, 5.41) is 2.75. The molecule has 0 bridgehead atoms. The minimum atomic E-state index is -0.112. The second-order valence-corrected chi connectivity index (χ2v) is 11.2. The number of halogens is 4. The molecule has 0 atom stereocenters. The number of hydrogen-bond donors (Lipinski definition) is 1. The van der Waals surface area contributed by atoms with Gasteiger partial charge < -0.3 is 5.73 Å². The zero-order chi connectivity index (χ0) is 26.8. The Balaban J connectivity index is 1.74. The number of aryl methyl sites for hydroxylation is 1. The molecule has 0 heterocycles. The summed E-state index contributed by atoms with van der Waals surface area (Å²) < 4.78 is 0. The first-order chi connectivity index (χ1) is 18.3. The molecular weight excluding hydrogens is 552 g/mol. The van der Waals surface area contributed by atoms with Crippen LogP contribution in [0.25, 0.3) is 0 Å². The molecule has 0 fully saturated rings. The summed E-state index contributed by atoms with van der Waals surface area (Å²) in [6.07, 6.45) is 0. The van der Waals surface area contributed by atoms with Crippen LogP contribution in [0, 0.1) is 6.92 Å². The van der Waals surface area contributed by atoms with E-state index in [1.54, 1.807) is 0 Å². The minimum Gasteiger partial charge on any atom is -0.398 e. The molecule has 0 aliphatic heterocycles. The van der Waals surface area contributed by atoms with Crippen LogP contribution < -0.4 is 5.73 Å². The van der Waals surface area contributed by atoms with Crippen molar-refractivity contribution in [2.75, 3.05) is 5.73 Å². The lowest BCUT2D eigenvalue weighted by Gasteiger charge is -2.27. The van der Waals surface area contributed by atoms with Crippen molar-refractivity contribution in [3.63, 3.8) is 0 Å². The molecule has 5 rings (SSSR count). The highest BCUT2D eigenvalue weighted by atomic mass is 35.5. The molecule has 0 aromatic heterocycles. The van der Waals surface area contributed by atoms with Crippen molar-refractivity contribution in [1.29, 1.82) is 0 Å². The Morgan fingerprint density at radius 3 is 0.921 bits per heavy atom. The quantitative estimate of drug-likeness (QED) is 0.158. The minimum absolute atomic E-state index is 0.112. The van der Waals surface area contributed by atoms with Gasteiger partial charge in [0.2, 0.25) is 0 Å². The van der Waals surface area contributed by atoms with E-state index in [2.05, 4.69) is 67.6 Å². The maximum Gasteiger partial charge on any atom is 0.0406 e. The smallest absolute Gasteiger partial charge is 0.0406 e. The van der Waals surface area contributed by atoms with Crippen molar-refractivity contribution in [2.45, 2.75) is 18.8 Å². The molecular formula is C33H25Cl4N. The van der Waals surface area contributed by atoms with Gasteiger partial charge in [0.15, 0.2) is 0 Å². The van der Waals surface area contributed by atoms with Crippen molar-refractivity contribution in [1.82, 2.24) is 0 Å². The number of anilines is 1. The highest BCUT2D eigenvalue weighted by molar-refractivity contribution is 6.31. The van der Waals surface area contributed by atoms with Crippen molar-refractivity contribution < 1.29 is 0 Å². The lowest BCUT2D eigenvalue weighted by molar-refractivity contribution is 0.941. The van der Waals surface area contributed by atoms with Crippen LogP contribution in [0.3, 0.4) is 0 Å². The molecule has 5 aromatic rings. The molecule has 190 valence electrons. The lowest BCUT2D eigenvalue weighted by Crippen LogP contribution is -2.13. The largest absolute Gasteiger partial charge is 0.398 e. The van der Waals surface area contributed by atoms with Gasteiger partial charge in [-0.3, -0.25) is 0 Å². The van der Waals surface area contributed by atoms with Gasteiger partial charge in [-0.1, -0.05) is 113 Å². The standard InChI is InChI=1S/C33H25Cl4N/c1-20-18-29(31(21-2-10-25(34)11-3-21)22-4-12-26(35)13-5-22)33(38)30(19-20)32(23-6-14-27(36)15-7-23)24-8-16-28(37)17-9-24/h2-19,31-32H,38H2,1H3. The van der Waals surface area contributed by atoms with Crippen LogP contribution in [0.4, 0.5) is 5.69 Å². The van der Waals surface area contributed by atoms with Crippen LogP contribution in [0.2, 0.25) is 20.1 Å². The molecule has 1 nitrogen and oxygen atoms in total. The van der Waals surface area contributed by atoms with Gasteiger partial charge in [-0.2, -0.15) is 0 Å². The first kappa shape index (κ1) is 26.7. The molecule has 0 aliphatic rings. The highest BCUT2D eigenvalue weighted by Crippen LogP contribution is 2.43. The Morgan fingerprint density at radius 1 is 0.447 bits per heavy atom. The number of benzene rings is 5. The fraction of sp³-hybridized carbons (Fsp3) is 0.0909. The van der Waals surface area contributed by atoms with E-state index in [0.29, 0.717) is 20.1 Å². The van der Waals surface area contributed by atoms with Crippen molar-refractivity contribution in [3.05, 3.63) is 168 Å². The average Bonchev–Trinajstić information content (AvgIpc) is 2.91. The summed E-state index contributed by atoms with van der Waals surface area (Å²) in [5.41, 5.74) is 15.4. The van der Waals surface area contributed by atoms with Crippen LogP contribution in [0.15, 0.2) is 109 Å². The van der Waals surface area contributed by atoms with E-state index >= 15 is 0 Å². The molecule has 0 saturated carbocycles. The van der Waals surface area contributed by atoms with Gasteiger partial charge in [0.05, 0.1) is 0 Å². The average molecular weight is 577 g/mol. The van der Waals surface area contributed by atoms with Gasteiger partial charge in [0.1, 0.15) is 0 Å². The zero-order valence-corrected chi connectivity index (χ0v) is 23.7. The summed E-state index contributed by atoms with van der Waals surface area (Å²) in [7, 11) is 0. The van der Waals surface area contributed by atoms with Crippen molar-refractivity contribution in [2.24, 2.45) is 0 Å². The fourth-order valence-electron chi connectivity index (χ4n) is 5.06. The third kappa shape index (κ3) is 5.72. The van der Waals surface area contributed by atoms with Crippen LogP contribution in [0.5, 0.6) is 0 Å². The van der Waals surface area contributed by atoms with E-state index in [1.807, 2.05) is 48.5 Å². The van der Waals surface area contributed by atoms with E-state index < -0.39 is 0 Å². The normalized spacial score (nSPS) is 11.3. The number of hydrogen-bond acceptors (Lipinski definition) is 1. The molecule has 0 radical (unpaired) electrons. The Morgan fingerprint density at radius 2 is 0.684 bits per heavy atom. The van der Waals surface area contributed by atoms with Crippen molar-refractivity contribution >= 4 is 52.1 Å². The van der Waals surface area contributed by atoms with Gasteiger partial charge in [0, 0.05) is 37.6 Å². The topological polar surface area (TPSA) is 26.0 Å². The summed E-state index contributed by atoms with van der Waals surface area (Å²) in [6.45, 7) is 2.11. The maximum atomic E-state index is 7.12. The van der Waals surface area contributed by atoms with Gasteiger partial charge in [-0.05, 0) is 88.8 Å². The first-order valence-electron chi connectivity index (χ1n) is 12.2. The molecule has 0 saturated heterocycles. The molecule has 0 aliphatic carbocycles. The third-order valence-corrected chi connectivity index (χ3v) is 7.83.